The smallest absolute Gasteiger partial charge is 0.209 e. The van der Waals surface area contributed by atoms with Gasteiger partial charge in [-0.2, -0.15) is 4.39 Å². The van der Waals surface area contributed by atoms with E-state index in [-0.39, 0.29) is 5.75 Å². The first-order chi connectivity index (χ1) is 11.2. The van der Waals surface area contributed by atoms with Crippen LogP contribution in [0.3, 0.4) is 0 Å². The van der Waals surface area contributed by atoms with E-state index >= 15 is 0 Å². The Labute approximate surface area is 128 Å². The first-order valence-electron chi connectivity index (χ1n) is 7.08. The minimum Gasteiger partial charge on any atom is -0.449 e. The van der Waals surface area contributed by atoms with Crippen LogP contribution in [0.15, 0.2) is 36.4 Å². The van der Waals surface area contributed by atoms with Crippen LogP contribution in [0.25, 0.3) is 22.3 Å². The number of hydrogen-bond donors (Lipinski definition) is 0. The van der Waals surface area contributed by atoms with Gasteiger partial charge in [-0.1, -0.05) is 12.1 Å². The highest BCUT2D eigenvalue weighted by molar-refractivity contribution is 5.95. The average molecular weight is 308 g/mol. The highest BCUT2D eigenvalue weighted by atomic mass is 19.2. The van der Waals surface area contributed by atoms with Crippen LogP contribution in [0.2, 0.25) is 0 Å². The second-order valence-corrected chi connectivity index (χ2v) is 5.64. The van der Waals surface area contributed by atoms with Gasteiger partial charge in [0.15, 0.2) is 34.6 Å². The molecule has 5 heteroatoms. The van der Waals surface area contributed by atoms with Gasteiger partial charge in [0.05, 0.1) is 0 Å². The molecule has 0 fully saturated rings. The van der Waals surface area contributed by atoms with E-state index in [1.165, 1.54) is 0 Å². The van der Waals surface area contributed by atoms with Crippen LogP contribution >= 0.6 is 0 Å². The molecule has 0 N–H and O–H groups in total. The molecule has 0 spiro atoms. The van der Waals surface area contributed by atoms with Gasteiger partial charge in [0.2, 0.25) is 11.6 Å². The van der Waals surface area contributed by atoms with Crippen LogP contribution in [0.1, 0.15) is 0 Å². The SMILES string of the molecule is Fc1cc(-c2ccc(-c3cccc4c3O4)c3c2O3)c2c(c1F)O2. The van der Waals surface area contributed by atoms with Crippen molar-refractivity contribution in [3.05, 3.63) is 48.0 Å². The van der Waals surface area contributed by atoms with Gasteiger partial charge in [-0.05, 0) is 24.3 Å². The summed E-state index contributed by atoms with van der Waals surface area (Å²) in [6.45, 7) is 0. The van der Waals surface area contributed by atoms with E-state index in [2.05, 4.69) is 0 Å². The summed E-state index contributed by atoms with van der Waals surface area (Å²) in [5.74, 6) is 1.66. The van der Waals surface area contributed by atoms with E-state index in [9.17, 15) is 8.78 Å². The van der Waals surface area contributed by atoms with Crippen molar-refractivity contribution >= 4 is 0 Å². The van der Waals surface area contributed by atoms with Gasteiger partial charge in [-0.15, -0.1) is 0 Å². The molecule has 3 aliphatic rings. The molecule has 110 valence electrons. The maximum Gasteiger partial charge on any atom is 0.209 e. The fraction of sp³-hybridized carbons (Fsp3) is 0. The fourth-order valence-corrected chi connectivity index (χ4v) is 3.04. The zero-order chi connectivity index (χ0) is 15.3. The number of ether oxygens (including phenoxy) is 3. The summed E-state index contributed by atoms with van der Waals surface area (Å²) < 4.78 is 43.1. The van der Waals surface area contributed by atoms with Gasteiger partial charge >= 0.3 is 0 Å². The third-order valence-corrected chi connectivity index (χ3v) is 4.30. The predicted molar refractivity (Wildman–Crippen MR) is 77.5 cm³/mol. The Kier molecular flexibility index (Phi) is 1.73. The van der Waals surface area contributed by atoms with E-state index in [1.807, 2.05) is 30.3 Å². The van der Waals surface area contributed by atoms with Crippen LogP contribution in [0.5, 0.6) is 34.5 Å². The van der Waals surface area contributed by atoms with Crippen LogP contribution in [-0.4, -0.2) is 0 Å². The van der Waals surface area contributed by atoms with Crippen molar-refractivity contribution in [1.82, 2.24) is 0 Å². The summed E-state index contributed by atoms with van der Waals surface area (Å²) in [7, 11) is 0. The number of halogens is 2. The highest BCUT2D eigenvalue weighted by Gasteiger charge is 2.39. The third-order valence-electron chi connectivity index (χ3n) is 4.30. The Hall–Kier alpha value is -3.08. The Bertz CT molecular complexity index is 1070. The Balaban J connectivity index is 1.51. The molecular weight excluding hydrogens is 302 g/mol. The lowest BCUT2D eigenvalue weighted by atomic mass is 10.0. The largest absolute Gasteiger partial charge is 0.449 e. The second kappa shape index (κ2) is 3.46. The van der Waals surface area contributed by atoms with Crippen molar-refractivity contribution in [3.63, 3.8) is 0 Å². The number of para-hydroxylation sites is 1. The van der Waals surface area contributed by atoms with Gasteiger partial charge in [-0.25, -0.2) is 4.39 Å². The van der Waals surface area contributed by atoms with Crippen molar-refractivity contribution in [3.8, 4) is 56.8 Å². The topological polar surface area (TPSA) is 37.6 Å². The summed E-state index contributed by atoms with van der Waals surface area (Å²) in [5, 5.41) is 0. The van der Waals surface area contributed by atoms with Crippen molar-refractivity contribution in [2.24, 2.45) is 0 Å². The molecule has 6 rings (SSSR count). The summed E-state index contributed by atoms with van der Waals surface area (Å²) >= 11 is 0. The van der Waals surface area contributed by atoms with Crippen molar-refractivity contribution in [1.29, 1.82) is 0 Å². The van der Waals surface area contributed by atoms with Crippen LogP contribution in [-0.2, 0) is 0 Å². The Morgan fingerprint density at radius 3 is 2.09 bits per heavy atom. The Morgan fingerprint density at radius 1 is 0.609 bits per heavy atom. The van der Waals surface area contributed by atoms with Crippen LogP contribution in [0, 0.1) is 11.6 Å². The van der Waals surface area contributed by atoms with Gasteiger partial charge in [0, 0.05) is 22.3 Å². The van der Waals surface area contributed by atoms with Gasteiger partial charge in [0.25, 0.3) is 0 Å². The molecular formula is C18H6F2O3. The first-order valence-corrected chi connectivity index (χ1v) is 7.08. The zero-order valence-corrected chi connectivity index (χ0v) is 11.4. The fourth-order valence-electron chi connectivity index (χ4n) is 3.04. The lowest BCUT2D eigenvalue weighted by Crippen LogP contribution is -1.80. The molecule has 3 aliphatic heterocycles. The lowest BCUT2D eigenvalue weighted by Gasteiger charge is -1.99. The molecule has 0 aliphatic carbocycles. The highest BCUT2D eigenvalue weighted by Crippen LogP contribution is 2.64. The van der Waals surface area contributed by atoms with Crippen molar-refractivity contribution in [2.75, 3.05) is 0 Å². The summed E-state index contributed by atoms with van der Waals surface area (Å²) in [6, 6.07) is 10.7. The molecule has 0 atom stereocenters. The third kappa shape index (κ3) is 1.41. The van der Waals surface area contributed by atoms with Crippen LogP contribution < -0.4 is 14.2 Å². The summed E-state index contributed by atoms with van der Waals surface area (Å²) in [6.07, 6.45) is 0. The van der Waals surface area contributed by atoms with E-state index in [4.69, 9.17) is 14.2 Å². The van der Waals surface area contributed by atoms with E-state index in [0.717, 1.165) is 34.4 Å². The molecule has 0 saturated heterocycles. The molecule has 0 saturated carbocycles. The molecule has 0 bridgehead atoms. The molecule has 3 aromatic rings. The van der Waals surface area contributed by atoms with Crippen molar-refractivity contribution in [2.45, 2.75) is 0 Å². The molecule has 0 amide bonds. The molecule has 3 heterocycles. The second-order valence-electron chi connectivity index (χ2n) is 5.64. The molecule has 3 aromatic carbocycles. The van der Waals surface area contributed by atoms with Crippen LogP contribution in [0.4, 0.5) is 8.78 Å². The van der Waals surface area contributed by atoms with E-state index in [0.29, 0.717) is 22.6 Å². The minimum atomic E-state index is -0.938. The maximum absolute atomic E-state index is 13.6. The monoisotopic (exact) mass is 308 g/mol. The van der Waals surface area contributed by atoms with Gasteiger partial charge < -0.3 is 14.2 Å². The predicted octanol–water partition coefficient (Wildman–Crippen LogP) is 5.62. The Morgan fingerprint density at radius 2 is 1.26 bits per heavy atom. The standard InChI is InChI=1S/C18H6F2O3/c19-11-6-10(17-18(23-17)13(11)20)9-5-4-8(15-16(9)22-15)7-2-1-3-12-14(7)21-12/h1-6H. The van der Waals surface area contributed by atoms with E-state index < -0.39 is 11.6 Å². The first kappa shape index (κ1) is 11.5. The van der Waals surface area contributed by atoms with Crippen molar-refractivity contribution < 1.29 is 23.0 Å². The molecule has 0 unspecified atom stereocenters. The molecule has 23 heavy (non-hydrogen) atoms. The number of fused-ring (bicyclic) bond motifs is 3. The number of benzene rings is 3. The normalized spacial score (nSPS) is 13.8. The molecule has 0 radical (unpaired) electrons. The quantitative estimate of drug-likeness (QED) is 0.390. The molecule has 0 aromatic heterocycles. The minimum absolute atomic E-state index is 0.0141. The average Bonchev–Trinajstić information content (AvgIpc) is 3.43. The summed E-state index contributed by atoms with van der Waals surface area (Å²) in [4.78, 5) is 0. The van der Waals surface area contributed by atoms with Gasteiger partial charge in [-0.3, -0.25) is 0 Å². The van der Waals surface area contributed by atoms with Gasteiger partial charge in [0.1, 0.15) is 0 Å². The summed E-state index contributed by atoms with van der Waals surface area (Å²) in [5.41, 5.74) is 3.12. The lowest BCUT2D eigenvalue weighted by molar-refractivity contribution is 0.494. The number of rotatable bonds is 2. The van der Waals surface area contributed by atoms with E-state index in [1.54, 1.807) is 0 Å². The maximum atomic E-state index is 13.6. The zero-order valence-electron chi connectivity index (χ0n) is 11.4. The molecule has 3 nitrogen and oxygen atoms in total. The number of hydrogen-bond acceptors (Lipinski definition) is 3.